The molecule has 2 aromatic carbocycles. The van der Waals surface area contributed by atoms with Crippen molar-refractivity contribution >= 4 is 22.7 Å². The van der Waals surface area contributed by atoms with Crippen molar-refractivity contribution in [1.29, 1.82) is 0 Å². The van der Waals surface area contributed by atoms with Crippen molar-refractivity contribution in [3.63, 3.8) is 0 Å². The Balaban J connectivity index is 1.49. The Morgan fingerprint density at radius 2 is 2.00 bits per heavy atom. The van der Waals surface area contributed by atoms with Gasteiger partial charge < -0.3 is 4.42 Å². The van der Waals surface area contributed by atoms with E-state index >= 15 is 0 Å². The van der Waals surface area contributed by atoms with Gasteiger partial charge in [-0.05, 0) is 83.1 Å². The highest BCUT2D eigenvalue weighted by Crippen LogP contribution is 2.31. The van der Waals surface area contributed by atoms with Crippen LogP contribution in [0.25, 0.3) is 16.7 Å². The summed E-state index contributed by atoms with van der Waals surface area (Å²) in [4.78, 5) is 12.1. The average Bonchev–Trinajstić information content (AvgIpc) is 3.33. The first-order valence-electron chi connectivity index (χ1n) is 9.24. The molecular weight excluding hydrogens is 372 g/mol. The lowest BCUT2D eigenvalue weighted by atomic mass is 10.0. The highest BCUT2D eigenvalue weighted by Gasteiger charge is 2.16. The first-order valence-corrected chi connectivity index (χ1v) is 10.2. The van der Waals surface area contributed by atoms with Crippen molar-refractivity contribution in [3.05, 3.63) is 75.1 Å². The van der Waals surface area contributed by atoms with Gasteiger partial charge >= 0.3 is 5.63 Å². The van der Waals surface area contributed by atoms with Crippen LogP contribution in [-0.4, -0.2) is 20.2 Å². The summed E-state index contributed by atoms with van der Waals surface area (Å²) in [6.45, 7) is 2.04. The van der Waals surface area contributed by atoms with Crippen LogP contribution in [-0.2, 0) is 18.6 Å². The minimum absolute atomic E-state index is 0.320. The number of aryl methyl sites for hydroxylation is 3. The van der Waals surface area contributed by atoms with Crippen LogP contribution in [0.1, 0.15) is 28.7 Å². The van der Waals surface area contributed by atoms with E-state index in [1.165, 1.54) is 22.9 Å². The molecule has 0 aliphatic heterocycles. The van der Waals surface area contributed by atoms with E-state index in [2.05, 4.69) is 21.6 Å². The molecule has 0 atom stereocenters. The summed E-state index contributed by atoms with van der Waals surface area (Å²) in [6, 6.07) is 13.8. The standard InChI is InChI=1S/C21H18N4O2S/c1-13-4-2-7-17(8-13)25-21(22-23-24-25)28-12-16-11-20(26)27-19-10-15-6-3-5-14(15)9-18(16)19/h2,4,7-11H,3,5-6,12H2,1H3. The van der Waals surface area contributed by atoms with Gasteiger partial charge in [0.05, 0.1) is 5.69 Å². The van der Waals surface area contributed by atoms with Gasteiger partial charge in [-0.1, -0.05) is 23.9 Å². The minimum Gasteiger partial charge on any atom is -0.423 e. The number of tetrazole rings is 1. The van der Waals surface area contributed by atoms with Gasteiger partial charge in [-0.2, -0.15) is 4.68 Å². The van der Waals surface area contributed by atoms with Crippen LogP contribution < -0.4 is 5.63 Å². The molecule has 0 unspecified atom stereocenters. The van der Waals surface area contributed by atoms with Gasteiger partial charge in [0.25, 0.3) is 0 Å². The van der Waals surface area contributed by atoms with E-state index in [1.807, 2.05) is 37.3 Å². The van der Waals surface area contributed by atoms with Crippen molar-refractivity contribution in [2.75, 3.05) is 0 Å². The van der Waals surface area contributed by atoms with Crippen molar-refractivity contribution < 1.29 is 4.42 Å². The number of hydrogen-bond acceptors (Lipinski definition) is 6. The topological polar surface area (TPSA) is 73.8 Å². The van der Waals surface area contributed by atoms with Gasteiger partial charge in [-0.25, -0.2) is 4.79 Å². The molecule has 28 heavy (non-hydrogen) atoms. The van der Waals surface area contributed by atoms with E-state index in [0.29, 0.717) is 16.5 Å². The quantitative estimate of drug-likeness (QED) is 0.389. The van der Waals surface area contributed by atoms with Gasteiger partial charge in [0.2, 0.25) is 5.16 Å². The molecule has 6 nitrogen and oxygen atoms in total. The molecule has 0 saturated heterocycles. The van der Waals surface area contributed by atoms with E-state index in [0.717, 1.165) is 41.5 Å². The molecule has 2 heterocycles. The third-order valence-corrected chi connectivity index (χ3v) is 6.05. The molecule has 0 fully saturated rings. The zero-order valence-corrected chi connectivity index (χ0v) is 16.2. The first kappa shape index (κ1) is 17.2. The van der Waals surface area contributed by atoms with E-state index in [-0.39, 0.29) is 5.63 Å². The Kier molecular flexibility index (Phi) is 4.24. The van der Waals surface area contributed by atoms with Crippen molar-refractivity contribution in [1.82, 2.24) is 20.2 Å². The highest BCUT2D eigenvalue weighted by molar-refractivity contribution is 7.98. The molecule has 0 bridgehead atoms. The largest absolute Gasteiger partial charge is 0.423 e. The Hall–Kier alpha value is -2.93. The number of aromatic nitrogens is 4. The fourth-order valence-electron chi connectivity index (χ4n) is 3.75. The number of benzene rings is 2. The lowest BCUT2D eigenvalue weighted by Gasteiger charge is -2.08. The van der Waals surface area contributed by atoms with E-state index in [4.69, 9.17) is 4.42 Å². The molecule has 0 saturated carbocycles. The van der Waals surface area contributed by atoms with Crippen LogP contribution in [0.5, 0.6) is 0 Å². The highest BCUT2D eigenvalue weighted by atomic mass is 32.2. The zero-order valence-electron chi connectivity index (χ0n) is 15.4. The monoisotopic (exact) mass is 390 g/mol. The SMILES string of the molecule is Cc1cccc(-n2nnnc2SCc2cc(=O)oc3cc4c(cc23)CCC4)c1. The first-order chi connectivity index (χ1) is 13.7. The third-order valence-electron chi connectivity index (χ3n) is 5.09. The summed E-state index contributed by atoms with van der Waals surface area (Å²) in [7, 11) is 0. The van der Waals surface area contributed by atoms with Crippen molar-refractivity contribution in [2.24, 2.45) is 0 Å². The van der Waals surface area contributed by atoms with Crippen LogP contribution >= 0.6 is 11.8 Å². The molecule has 2 aromatic heterocycles. The van der Waals surface area contributed by atoms with Crippen LogP contribution in [0, 0.1) is 6.92 Å². The molecule has 140 valence electrons. The fraction of sp³-hybridized carbons (Fsp3) is 0.238. The Morgan fingerprint density at radius 1 is 1.14 bits per heavy atom. The Morgan fingerprint density at radius 3 is 2.86 bits per heavy atom. The number of nitrogens with zero attached hydrogens (tertiary/aromatic N) is 4. The number of thioether (sulfide) groups is 1. The zero-order chi connectivity index (χ0) is 19.1. The van der Waals surface area contributed by atoms with E-state index < -0.39 is 0 Å². The van der Waals surface area contributed by atoms with E-state index in [1.54, 1.807) is 10.7 Å². The van der Waals surface area contributed by atoms with Gasteiger partial charge in [-0.15, -0.1) is 5.10 Å². The summed E-state index contributed by atoms with van der Waals surface area (Å²) >= 11 is 1.51. The Labute approximate surface area is 165 Å². The van der Waals surface area contributed by atoms with Crippen LogP contribution in [0.4, 0.5) is 0 Å². The predicted octanol–water partition coefficient (Wildman–Crippen LogP) is 3.86. The summed E-state index contributed by atoms with van der Waals surface area (Å²) in [5.41, 5.74) is 6.01. The number of fused-ring (bicyclic) bond motifs is 2. The lowest BCUT2D eigenvalue weighted by molar-refractivity contribution is 0.559. The average molecular weight is 390 g/mol. The minimum atomic E-state index is -0.320. The Bertz CT molecular complexity index is 1240. The fourth-order valence-corrected chi connectivity index (χ4v) is 4.63. The van der Waals surface area contributed by atoms with Gasteiger partial charge in [0.1, 0.15) is 5.58 Å². The second-order valence-electron chi connectivity index (χ2n) is 7.06. The normalized spacial score (nSPS) is 13.2. The van der Waals surface area contributed by atoms with Crippen molar-refractivity contribution in [3.8, 4) is 5.69 Å². The van der Waals surface area contributed by atoms with Gasteiger partial charge in [0.15, 0.2) is 0 Å². The molecule has 4 aromatic rings. The number of rotatable bonds is 4. The molecule has 1 aliphatic carbocycles. The third kappa shape index (κ3) is 3.11. The maximum Gasteiger partial charge on any atom is 0.336 e. The van der Waals surface area contributed by atoms with Gasteiger partial charge in [0, 0.05) is 17.2 Å². The lowest BCUT2D eigenvalue weighted by Crippen LogP contribution is -2.02. The molecule has 0 amide bonds. The smallest absolute Gasteiger partial charge is 0.336 e. The van der Waals surface area contributed by atoms with Crippen LogP contribution in [0.3, 0.4) is 0 Å². The van der Waals surface area contributed by atoms with E-state index in [9.17, 15) is 4.79 Å². The summed E-state index contributed by atoms with van der Waals surface area (Å²) in [5.74, 6) is 0.590. The maximum atomic E-state index is 12.1. The number of hydrogen-bond donors (Lipinski definition) is 0. The predicted molar refractivity (Wildman–Crippen MR) is 108 cm³/mol. The molecule has 0 N–H and O–H groups in total. The van der Waals surface area contributed by atoms with Crippen LogP contribution in [0.2, 0.25) is 0 Å². The van der Waals surface area contributed by atoms with Crippen LogP contribution in [0.15, 0.2) is 56.8 Å². The molecule has 1 aliphatic rings. The maximum absolute atomic E-state index is 12.1. The summed E-state index contributed by atoms with van der Waals surface area (Å²) in [5, 5.41) is 13.8. The molecule has 7 heteroatoms. The second-order valence-corrected chi connectivity index (χ2v) is 8.00. The van der Waals surface area contributed by atoms with Crippen molar-refractivity contribution in [2.45, 2.75) is 37.1 Å². The molecule has 5 rings (SSSR count). The second kappa shape index (κ2) is 6.91. The van der Waals surface area contributed by atoms with Gasteiger partial charge in [-0.3, -0.25) is 0 Å². The summed E-state index contributed by atoms with van der Waals surface area (Å²) < 4.78 is 7.19. The summed E-state index contributed by atoms with van der Waals surface area (Å²) in [6.07, 6.45) is 3.30. The molecule has 0 radical (unpaired) electrons. The molecular formula is C21H18N4O2S. The molecule has 0 spiro atoms.